The quantitative estimate of drug-likeness (QED) is 0.848. The summed E-state index contributed by atoms with van der Waals surface area (Å²) in [7, 11) is 0. The molecule has 1 unspecified atom stereocenters. The maximum absolute atomic E-state index is 12.4. The van der Waals surface area contributed by atoms with Gasteiger partial charge in [0.25, 0.3) is 5.91 Å². The summed E-state index contributed by atoms with van der Waals surface area (Å²) in [6.45, 7) is 6.70. The number of rotatable bonds is 2. The number of carbonyl (C=O) groups excluding carboxylic acids is 1. The number of halogens is 1. The average Bonchev–Trinajstić information content (AvgIpc) is 2.68. The summed E-state index contributed by atoms with van der Waals surface area (Å²) in [5, 5.41) is 10.3. The first-order chi connectivity index (χ1) is 8.78. The van der Waals surface area contributed by atoms with E-state index in [0.717, 1.165) is 5.69 Å². The van der Waals surface area contributed by atoms with Crippen LogP contribution in [0.2, 0.25) is 5.15 Å². The molecule has 1 fully saturated rings. The molecule has 1 saturated heterocycles. The molecule has 4 nitrogen and oxygen atoms in total. The molecule has 0 bridgehead atoms. The van der Waals surface area contributed by atoms with Gasteiger partial charge in [0.05, 0.1) is 5.60 Å². The van der Waals surface area contributed by atoms with E-state index in [1.807, 2.05) is 13.8 Å². The zero-order valence-corrected chi connectivity index (χ0v) is 12.2. The third-order valence-corrected chi connectivity index (χ3v) is 3.59. The van der Waals surface area contributed by atoms with Crippen LogP contribution in [-0.4, -0.2) is 39.6 Å². The van der Waals surface area contributed by atoms with E-state index in [1.54, 1.807) is 24.0 Å². The summed E-state index contributed by atoms with van der Waals surface area (Å²) in [5.74, 6) is 0.121. The van der Waals surface area contributed by atoms with Crippen molar-refractivity contribution < 1.29 is 9.90 Å². The largest absolute Gasteiger partial charge is 0.388 e. The molecule has 1 N–H and O–H groups in total. The molecule has 1 aliphatic heterocycles. The zero-order valence-electron chi connectivity index (χ0n) is 11.5. The van der Waals surface area contributed by atoms with Gasteiger partial charge < -0.3 is 10.0 Å². The van der Waals surface area contributed by atoms with Crippen molar-refractivity contribution in [2.75, 3.05) is 13.1 Å². The second kappa shape index (κ2) is 5.10. The van der Waals surface area contributed by atoms with Crippen molar-refractivity contribution in [3.05, 3.63) is 28.5 Å². The molecule has 1 aromatic heterocycles. The molecule has 0 spiro atoms. The third-order valence-electron chi connectivity index (χ3n) is 3.39. The van der Waals surface area contributed by atoms with Crippen LogP contribution in [-0.2, 0) is 0 Å². The van der Waals surface area contributed by atoms with Gasteiger partial charge in [-0.15, -0.1) is 0 Å². The van der Waals surface area contributed by atoms with Gasteiger partial charge in [-0.25, -0.2) is 4.98 Å². The number of pyridine rings is 1. The van der Waals surface area contributed by atoms with Crippen molar-refractivity contribution in [2.24, 2.45) is 0 Å². The van der Waals surface area contributed by atoms with Crippen molar-refractivity contribution in [3.63, 3.8) is 0 Å². The van der Waals surface area contributed by atoms with Crippen LogP contribution in [0, 0.1) is 0 Å². The van der Waals surface area contributed by atoms with Crippen LogP contribution in [0.4, 0.5) is 0 Å². The van der Waals surface area contributed by atoms with Gasteiger partial charge in [-0.3, -0.25) is 4.79 Å². The Balaban J connectivity index is 2.24. The second-order valence-electron chi connectivity index (χ2n) is 5.73. The highest BCUT2D eigenvalue weighted by molar-refractivity contribution is 6.29. The Morgan fingerprint density at radius 1 is 1.53 bits per heavy atom. The minimum Gasteiger partial charge on any atom is -0.388 e. The van der Waals surface area contributed by atoms with Crippen molar-refractivity contribution in [1.82, 2.24) is 9.88 Å². The molecular weight excluding hydrogens is 264 g/mol. The Hall–Kier alpha value is -1.13. The van der Waals surface area contributed by atoms with E-state index in [9.17, 15) is 9.90 Å². The van der Waals surface area contributed by atoms with Crippen LogP contribution >= 0.6 is 11.6 Å². The van der Waals surface area contributed by atoms with Gasteiger partial charge in [0.1, 0.15) is 5.15 Å². The van der Waals surface area contributed by atoms with E-state index in [4.69, 9.17) is 11.6 Å². The minimum absolute atomic E-state index is 0.0935. The summed E-state index contributed by atoms with van der Waals surface area (Å²) in [6, 6.07) is 3.37. The van der Waals surface area contributed by atoms with Gasteiger partial charge in [0, 0.05) is 24.3 Å². The van der Waals surface area contributed by atoms with Crippen LogP contribution in [0.5, 0.6) is 0 Å². The van der Waals surface area contributed by atoms with Crippen LogP contribution in [0.3, 0.4) is 0 Å². The number of hydrogen-bond acceptors (Lipinski definition) is 3. The fraction of sp³-hybridized carbons (Fsp3) is 0.571. The van der Waals surface area contributed by atoms with Crippen LogP contribution < -0.4 is 0 Å². The van der Waals surface area contributed by atoms with Gasteiger partial charge >= 0.3 is 0 Å². The smallest absolute Gasteiger partial charge is 0.254 e. The van der Waals surface area contributed by atoms with E-state index in [0.29, 0.717) is 30.2 Å². The van der Waals surface area contributed by atoms with E-state index >= 15 is 0 Å². The molecule has 104 valence electrons. The first-order valence-corrected chi connectivity index (χ1v) is 6.85. The van der Waals surface area contributed by atoms with E-state index in [-0.39, 0.29) is 11.8 Å². The highest BCUT2D eigenvalue weighted by atomic mass is 35.5. The maximum atomic E-state index is 12.4. The first kappa shape index (κ1) is 14.3. The lowest BCUT2D eigenvalue weighted by Gasteiger charge is -2.19. The summed E-state index contributed by atoms with van der Waals surface area (Å²) >= 11 is 5.97. The molecule has 0 saturated carbocycles. The average molecular weight is 283 g/mol. The predicted octanol–water partition coefficient (Wildman–Crippen LogP) is 2.46. The Morgan fingerprint density at radius 3 is 2.74 bits per heavy atom. The molecule has 0 aromatic carbocycles. The normalized spacial score (nSPS) is 23.2. The molecule has 1 aromatic rings. The molecular formula is C14H19ClN2O2. The fourth-order valence-corrected chi connectivity index (χ4v) is 2.45. The molecule has 19 heavy (non-hydrogen) atoms. The van der Waals surface area contributed by atoms with Crippen molar-refractivity contribution in [2.45, 2.75) is 38.7 Å². The van der Waals surface area contributed by atoms with Gasteiger partial charge in [-0.05, 0) is 31.4 Å². The molecule has 5 heteroatoms. The van der Waals surface area contributed by atoms with Crippen LogP contribution in [0.25, 0.3) is 0 Å². The lowest BCUT2D eigenvalue weighted by Crippen LogP contribution is -2.34. The standard InChI is InChI=1S/C14H19ClN2O2/c1-9(2)11-6-10(7-12(15)16-11)13(18)17-5-4-14(3,19)8-17/h6-7,9,19H,4-5,8H2,1-3H3. The number of aromatic nitrogens is 1. The minimum atomic E-state index is -0.784. The number of aliphatic hydroxyl groups is 1. The lowest BCUT2D eigenvalue weighted by atomic mass is 10.1. The zero-order chi connectivity index (χ0) is 14.2. The number of carbonyl (C=O) groups is 1. The Bertz CT molecular complexity index is 500. The Kier molecular flexibility index (Phi) is 3.83. The molecule has 1 amide bonds. The summed E-state index contributed by atoms with van der Waals surface area (Å²) in [5.41, 5.74) is 0.566. The van der Waals surface area contributed by atoms with Crippen molar-refractivity contribution >= 4 is 17.5 Å². The summed E-state index contributed by atoms with van der Waals surface area (Å²) < 4.78 is 0. The van der Waals surface area contributed by atoms with E-state index in [2.05, 4.69) is 4.98 Å². The second-order valence-corrected chi connectivity index (χ2v) is 6.12. The molecule has 1 atom stereocenters. The SMILES string of the molecule is CC(C)c1cc(C(=O)N2CCC(C)(O)C2)cc(Cl)n1. The molecule has 2 rings (SSSR count). The van der Waals surface area contributed by atoms with Crippen LogP contribution in [0.15, 0.2) is 12.1 Å². The summed E-state index contributed by atoms with van der Waals surface area (Å²) in [6.07, 6.45) is 0.606. The van der Waals surface area contributed by atoms with Crippen LogP contribution in [0.1, 0.15) is 49.2 Å². The number of hydrogen-bond donors (Lipinski definition) is 1. The Labute approximate surface area is 118 Å². The van der Waals surface area contributed by atoms with Gasteiger partial charge in [-0.1, -0.05) is 25.4 Å². The van der Waals surface area contributed by atoms with Crippen molar-refractivity contribution in [3.8, 4) is 0 Å². The molecule has 2 heterocycles. The highest BCUT2D eigenvalue weighted by Gasteiger charge is 2.34. The molecule has 1 aliphatic rings. The van der Waals surface area contributed by atoms with Gasteiger partial charge in [0.15, 0.2) is 0 Å². The van der Waals surface area contributed by atoms with Crippen molar-refractivity contribution in [1.29, 1.82) is 0 Å². The molecule has 0 aliphatic carbocycles. The predicted molar refractivity (Wildman–Crippen MR) is 74.5 cm³/mol. The maximum Gasteiger partial charge on any atom is 0.254 e. The van der Waals surface area contributed by atoms with Gasteiger partial charge in [0.2, 0.25) is 0 Å². The number of nitrogens with zero attached hydrogens (tertiary/aromatic N) is 2. The number of likely N-dealkylation sites (tertiary alicyclic amines) is 1. The number of β-amino-alcohol motifs (C(OH)–C–C–N with tert-alkyl or cyclic N) is 1. The Morgan fingerprint density at radius 2 is 2.21 bits per heavy atom. The van der Waals surface area contributed by atoms with Gasteiger partial charge in [-0.2, -0.15) is 0 Å². The topological polar surface area (TPSA) is 53.4 Å². The van der Waals surface area contributed by atoms with E-state index < -0.39 is 5.60 Å². The third kappa shape index (κ3) is 3.25. The molecule has 0 radical (unpaired) electrons. The van der Waals surface area contributed by atoms with E-state index in [1.165, 1.54) is 0 Å². The highest BCUT2D eigenvalue weighted by Crippen LogP contribution is 2.24. The lowest BCUT2D eigenvalue weighted by molar-refractivity contribution is 0.0572. The monoisotopic (exact) mass is 282 g/mol. The number of amides is 1. The fourth-order valence-electron chi connectivity index (χ4n) is 2.24. The summed E-state index contributed by atoms with van der Waals surface area (Å²) in [4.78, 5) is 18.3. The first-order valence-electron chi connectivity index (χ1n) is 6.48.